The lowest BCUT2D eigenvalue weighted by Crippen LogP contribution is -2.25. The van der Waals surface area contributed by atoms with E-state index >= 15 is 0 Å². The molecule has 0 spiro atoms. The summed E-state index contributed by atoms with van der Waals surface area (Å²) in [5, 5.41) is 12.5. The molecule has 22 heavy (non-hydrogen) atoms. The molecule has 0 fully saturated rings. The van der Waals surface area contributed by atoms with Crippen molar-refractivity contribution < 1.29 is 18.0 Å². The van der Waals surface area contributed by atoms with E-state index in [1.165, 1.54) is 12.1 Å². The predicted octanol–water partition coefficient (Wildman–Crippen LogP) is 2.33. The Kier molecular flexibility index (Phi) is 3.61. The van der Waals surface area contributed by atoms with Crippen LogP contribution in [0.3, 0.4) is 0 Å². The first-order valence-electron chi connectivity index (χ1n) is 6.70. The first-order valence-corrected chi connectivity index (χ1v) is 6.70. The van der Waals surface area contributed by atoms with Crippen LogP contribution < -0.4 is 10.6 Å². The van der Waals surface area contributed by atoms with Crippen LogP contribution in [0, 0.1) is 0 Å². The molecule has 0 bridgehead atoms. The molecule has 0 saturated carbocycles. The van der Waals surface area contributed by atoms with Crippen molar-refractivity contribution in [2.45, 2.75) is 19.1 Å². The standard InChI is InChI=1S/C14H13F3N4O/c15-14(16,17)8-1-3-9(4-2-8)19-13(22)12-10-7-18-6-5-11(10)20-21-12/h1-4,18H,5-7H2,(H,19,22)(H,20,21). The number of hydrogen-bond donors (Lipinski definition) is 3. The van der Waals surface area contributed by atoms with Crippen LogP contribution in [-0.2, 0) is 19.1 Å². The first kappa shape index (κ1) is 14.6. The molecule has 1 amide bonds. The highest BCUT2D eigenvalue weighted by atomic mass is 19.4. The van der Waals surface area contributed by atoms with Gasteiger partial charge in [0.05, 0.1) is 5.56 Å². The van der Waals surface area contributed by atoms with Crippen molar-refractivity contribution in [3.05, 3.63) is 46.8 Å². The first-order chi connectivity index (χ1) is 10.4. The van der Waals surface area contributed by atoms with Gasteiger partial charge in [-0.25, -0.2) is 0 Å². The van der Waals surface area contributed by atoms with Gasteiger partial charge in [0.25, 0.3) is 5.91 Å². The van der Waals surface area contributed by atoms with Crippen LogP contribution in [-0.4, -0.2) is 22.6 Å². The molecule has 0 atom stereocenters. The predicted molar refractivity (Wildman–Crippen MR) is 73.4 cm³/mol. The number of rotatable bonds is 2. The number of aromatic nitrogens is 2. The van der Waals surface area contributed by atoms with E-state index in [2.05, 4.69) is 20.8 Å². The van der Waals surface area contributed by atoms with Crippen molar-refractivity contribution in [2.75, 3.05) is 11.9 Å². The zero-order valence-electron chi connectivity index (χ0n) is 11.4. The largest absolute Gasteiger partial charge is 0.416 e. The Labute approximate surface area is 123 Å². The Morgan fingerprint density at radius 2 is 1.95 bits per heavy atom. The topological polar surface area (TPSA) is 69.8 Å². The van der Waals surface area contributed by atoms with Crippen LogP contribution in [0.1, 0.15) is 27.3 Å². The Bertz CT molecular complexity index is 691. The lowest BCUT2D eigenvalue weighted by Gasteiger charge is -2.13. The number of hydrogen-bond acceptors (Lipinski definition) is 3. The fourth-order valence-corrected chi connectivity index (χ4v) is 2.35. The van der Waals surface area contributed by atoms with E-state index in [0.29, 0.717) is 12.2 Å². The van der Waals surface area contributed by atoms with Crippen molar-refractivity contribution >= 4 is 11.6 Å². The van der Waals surface area contributed by atoms with E-state index in [0.717, 1.165) is 36.4 Å². The summed E-state index contributed by atoms with van der Waals surface area (Å²) in [7, 11) is 0. The fraction of sp³-hybridized carbons (Fsp3) is 0.286. The highest BCUT2D eigenvalue weighted by Gasteiger charge is 2.30. The number of carbonyl (C=O) groups excluding carboxylic acids is 1. The summed E-state index contributed by atoms with van der Waals surface area (Å²) in [6, 6.07) is 4.30. The summed E-state index contributed by atoms with van der Waals surface area (Å²) in [4.78, 5) is 12.2. The summed E-state index contributed by atoms with van der Waals surface area (Å²) >= 11 is 0. The van der Waals surface area contributed by atoms with Crippen molar-refractivity contribution in [2.24, 2.45) is 0 Å². The molecule has 0 saturated heterocycles. The number of carbonyl (C=O) groups is 1. The van der Waals surface area contributed by atoms with Crippen molar-refractivity contribution in [1.82, 2.24) is 15.5 Å². The SMILES string of the molecule is O=C(Nc1ccc(C(F)(F)F)cc1)c1n[nH]c2c1CNCC2. The maximum atomic E-state index is 12.5. The zero-order chi connectivity index (χ0) is 15.7. The average molecular weight is 310 g/mol. The van der Waals surface area contributed by atoms with Crippen LogP contribution in [0.15, 0.2) is 24.3 Å². The van der Waals surface area contributed by atoms with E-state index in [4.69, 9.17) is 0 Å². The molecule has 116 valence electrons. The number of fused-ring (bicyclic) bond motifs is 1. The number of halogens is 3. The minimum atomic E-state index is -4.39. The van der Waals surface area contributed by atoms with Gasteiger partial charge in [0.2, 0.25) is 0 Å². The molecule has 0 aliphatic carbocycles. The van der Waals surface area contributed by atoms with E-state index in [1.54, 1.807) is 0 Å². The summed E-state index contributed by atoms with van der Waals surface area (Å²) in [5.74, 6) is -0.444. The van der Waals surface area contributed by atoms with E-state index in [9.17, 15) is 18.0 Å². The number of anilines is 1. The van der Waals surface area contributed by atoms with Gasteiger partial charge >= 0.3 is 6.18 Å². The fourth-order valence-electron chi connectivity index (χ4n) is 2.35. The van der Waals surface area contributed by atoms with Gasteiger partial charge in [0.1, 0.15) is 0 Å². The minimum Gasteiger partial charge on any atom is -0.321 e. The molecule has 1 aliphatic heterocycles. The van der Waals surface area contributed by atoms with Crippen LogP contribution in [0.5, 0.6) is 0 Å². The summed E-state index contributed by atoms with van der Waals surface area (Å²) in [6.07, 6.45) is -3.63. The van der Waals surface area contributed by atoms with Crippen LogP contribution in [0.4, 0.5) is 18.9 Å². The maximum Gasteiger partial charge on any atom is 0.416 e. The van der Waals surface area contributed by atoms with Crippen LogP contribution in [0.2, 0.25) is 0 Å². The van der Waals surface area contributed by atoms with E-state index in [1.807, 2.05) is 0 Å². The van der Waals surface area contributed by atoms with Gasteiger partial charge < -0.3 is 10.6 Å². The molecule has 1 aromatic heterocycles. The molecule has 5 nitrogen and oxygen atoms in total. The number of nitrogens with zero attached hydrogens (tertiary/aromatic N) is 1. The molecule has 8 heteroatoms. The molecular formula is C14H13F3N4O. The molecule has 3 N–H and O–H groups in total. The summed E-state index contributed by atoms with van der Waals surface area (Å²) in [5.41, 5.74) is 1.51. The van der Waals surface area contributed by atoms with Gasteiger partial charge in [-0.2, -0.15) is 18.3 Å². The van der Waals surface area contributed by atoms with E-state index < -0.39 is 17.6 Å². The summed E-state index contributed by atoms with van der Waals surface area (Å²) < 4.78 is 37.5. The minimum absolute atomic E-state index is 0.266. The number of nitrogens with one attached hydrogen (secondary N) is 3. The second-order valence-electron chi connectivity index (χ2n) is 4.99. The van der Waals surface area contributed by atoms with E-state index in [-0.39, 0.29) is 5.69 Å². The van der Waals surface area contributed by atoms with Crippen molar-refractivity contribution in [1.29, 1.82) is 0 Å². The number of H-pyrrole nitrogens is 1. The second-order valence-corrected chi connectivity index (χ2v) is 4.99. The Hall–Kier alpha value is -2.35. The molecule has 1 aliphatic rings. The molecule has 1 aromatic carbocycles. The molecular weight excluding hydrogens is 297 g/mol. The Morgan fingerprint density at radius 3 is 2.64 bits per heavy atom. The smallest absolute Gasteiger partial charge is 0.321 e. The Balaban J connectivity index is 1.76. The second kappa shape index (κ2) is 5.45. The van der Waals surface area contributed by atoms with Gasteiger partial charge in [-0.1, -0.05) is 0 Å². The average Bonchev–Trinajstić information content (AvgIpc) is 2.91. The number of aromatic amines is 1. The van der Waals surface area contributed by atoms with Crippen LogP contribution in [0.25, 0.3) is 0 Å². The molecule has 0 unspecified atom stereocenters. The zero-order valence-corrected chi connectivity index (χ0v) is 11.4. The van der Waals surface area contributed by atoms with Gasteiger partial charge in [-0.15, -0.1) is 0 Å². The van der Waals surface area contributed by atoms with Gasteiger partial charge in [0, 0.05) is 36.5 Å². The normalized spacial score (nSPS) is 14.5. The quantitative estimate of drug-likeness (QED) is 0.797. The Morgan fingerprint density at radius 1 is 1.23 bits per heavy atom. The monoisotopic (exact) mass is 310 g/mol. The third-order valence-corrected chi connectivity index (χ3v) is 3.49. The van der Waals surface area contributed by atoms with Crippen LogP contribution >= 0.6 is 0 Å². The molecule has 2 heterocycles. The highest BCUT2D eigenvalue weighted by molar-refractivity contribution is 6.04. The third kappa shape index (κ3) is 2.82. The van der Waals surface area contributed by atoms with Gasteiger partial charge in [0.15, 0.2) is 5.69 Å². The maximum absolute atomic E-state index is 12.5. The van der Waals surface area contributed by atoms with Crippen molar-refractivity contribution in [3.8, 4) is 0 Å². The van der Waals surface area contributed by atoms with Gasteiger partial charge in [-0.3, -0.25) is 9.89 Å². The number of alkyl halides is 3. The molecule has 3 rings (SSSR count). The molecule has 0 radical (unpaired) electrons. The third-order valence-electron chi connectivity index (χ3n) is 3.49. The highest BCUT2D eigenvalue weighted by Crippen LogP contribution is 2.30. The van der Waals surface area contributed by atoms with Crippen molar-refractivity contribution in [3.63, 3.8) is 0 Å². The van der Waals surface area contributed by atoms with Gasteiger partial charge in [-0.05, 0) is 24.3 Å². The summed E-state index contributed by atoms with van der Waals surface area (Å²) in [6.45, 7) is 1.36. The molecule has 2 aromatic rings. The number of benzene rings is 1. The number of amides is 1. The lowest BCUT2D eigenvalue weighted by atomic mass is 10.1. The lowest BCUT2D eigenvalue weighted by molar-refractivity contribution is -0.137.